The number of nitrogens with zero attached hydrogens (tertiary/aromatic N) is 4. The summed E-state index contributed by atoms with van der Waals surface area (Å²) in [6, 6.07) is 21.4. The molecule has 0 amide bonds. The van der Waals surface area contributed by atoms with Crippen molar-refractivity contribution in [1.29, 1.82) is 0 Å². The van der Waals surface area contributed by atoms with Crippen molar-refractivity contribution < 1.29 is 0 Å². The number of fused-ring (bicyclic) bond motifs is 1. The van der Waals surface area contributed by atoms with Crippen molar-refractivity contribution in [3.63, 3.8) is 0 Å². The van der Waals surface area contributed by atoms with E-state index in [2.05, 4.69) is 93.0 Å². The quantitative estimate of drug-likeness (QED) is 0.434. The van der Waals surface area contributed by atoms with Gasteiger partial charge in [0.1, 0.15) is 12.4 Å². The van der Waals surface area contributed by atoms with Gasteiger partial charge >= 0.3 is 0 Å². The molecule has 2 aromatic carbocycles. The minimum absolute atomic E-state index is 0.355. The van der Waals surface area contributed by atoms with Gasteiger partial charge in [-0.3, -0.25) is 0 Å². The van der Waals surface area contributed by atoms with Crippen LogP contribution in [0.15, 0.2) is 65.7 Å². The smallest absolute Gasteiger partial charge is 0.191 e. The predicted molar refractivity (Wildman–Crippen MR) is 125 cm³/mol. The fraction of sp³-hybridized carbons (Fsp3) is 0.400. The first-order valence-corrected chi connectivity index (χ1v) is 11.4. The first-order chi connectivity index (χ1) is 15.3. The number of aliphatic imine (C=N–C) groups is 1. The second-order valence-corrected chi connectivity index (χ2v) is 8.01. The van der Waals surface area contributed by atoms with Crippen LogP contribution in [0.1, 0.15) is 48.5 Å². The van der Waals surface area contributed by atoms with Crippen LogP contribution < -0.4 is 10.6 Å². The SMILES string of the molecule is CCNC(=NCc1nnc2n1CCCC2)NCC(Cc1ccccc1)c1ccccc1. The molecule has 0 spiro atoms. The summed E-state index contributed by atoms with van der Waals surface area (Å²) < 4.78 is 2.23. The Kier molecular flexibility index (Phi) is 7.32. The zero-order valence-corrected chi connectivity index (χ0v) is 18.3. The highest BCUT2D eigenvalue weighted by atomic mass is 15.3. The van der Waals surface area contributed by atoms with E-state index in [0.29, 0.717) is 12.5 Å². The minimum Gasteiger partial charge on any atom is -0.357 e. The Morgan fingerprint density at radius 3 is 2.55 bits per heavy atom. The van der Waals surface area contributed by atoms with Gasteiger partial charge < -0.3 is 15.2 Å². The van der Waals surface area contributed by atoms with Crippen LogP contribution >= 0.6 is 0 Å². The summed E-state index contributed by atoms with van der Waals surface area (Å²) in [5.41, 5.74) is 2.68. The summed E-state index contributed by atoms with van der Waals surface area (Å²) >= 11 is 0. The first kappa shape index (κ1) is 21.1. The van der Waals surface area contributed by atoms with Crippen LogP contribution in [0.2, 0.25) is 0 Å². The fourth-order valence-electron chi connectivity index (χ4n) is 4.13. The topological polar surface area (TPSA) is 67.1 Å². The first-order valence-electron chi connectivity index (χ1n) is 11.4. The maximum atomic E-state index is 4.81. The van der Waals surface area contributed by atoms with Crippen molar-refractivity contribution in [3.8, 4) is 0 Å². The molecule has 0 fully saturated rings. The van der Waals surface area contributed by atoms with Gasteiger partial charge in [0.05, 0.1) is 0 Å². The maximum Gasteiger partial charge on any atom is 0.191 e. The number of benzene rings is 2. The number of hydrogen-bond donors (Lipinski definition) is 2. The van der Waals surface area contributed by atoms with Crippen molar-refractivity contribution in [3.05, 3.63) is 83.4 Å². The van der Waals surface area contributed by atoms with Crippen molar-refractivity contribution in [2.75, 3.05) is 13.1 Å². The van der Waals surface area contributed by atoms with Crippen LogP contribution in [0.3, 0.4) is 0 Å². The van der Waals surface area contributed by atoms with Gasteiger partial charge in [-0.25, -0.2) is 4.99 Å². The van der Waals surface area contributed by atoms with Gasteiger partial charge in [0.15, 0.2) is 11.8 Å². The van der Waals surface area contributed by atoms with Crippen molar-refractivity contribution in [2.24, 2.45) is 4.99 Å². The lowest BCUT2D eigenvalue weighted by Gasteiger charge is -2.20. The zero-order chi connectivity index (χ0) is 21.3. The molecule has 1 aliphatic rings. The Morgan fingerprint density at radius 1 is 1.00 bits per heavy atom. The predicted octanol–water partition coefficient (Wildman–Crippen LogP) is 3.70. The van der Waals surface area contributed by atoms with Crippen LogP contribution in [0, 0.1) is 0 Å². The molecule has 2 N–H and O–H groups in total. The Morgan fingerprint density at radius 2 is 1.77 bits per heavy atom. The lowest BCUT2D eigenvalue weighted by atomic mass is 9.92. The summed E-state index contributed by atoms with van der Waals surface area (Å²) in [5, 5.41) is 15.7. The molecule has 6 nitrogen and oxygen atoms in total. The van der Waals surface area contributed by atoms with Crippen LogP contribution in [0.4, 0.5) is 0 Å². The summed E-state index contributed by atoms with van der Waals surface area (Å²) in [7, 11) is 0. The number of nitrogens with one attached hydrogen (secondary N) is 2. The number of aromatic nitrogens is 3. The van der Waals surface area contributed by atoms with Crippen molar-refractivity contribution >= 4 is 5.96 Å². The number of hydrogen-bond acceptors (Lipinski definition) is 3. The molecule has 2 heterocycles. The van der Waals surface area contributed by atoms with E-state index in [4.69, 9.17) is 4.99 Å². The Hall–Kier alpha value is -3.15. The van der Waals surface area contributed by atoms with Crippen molar-refractivity contribution in [1.82, 2.24) is 25.4 Å². The summed E-state index contributed by atoms with van der Waals surface area (Å²) in [6.45, 7) is 5.26. The molecular formula is C25H32N6. The van der Waals surface area contributed by atoms with Crippen LogP contribution in [0.5, 0.6) is 0 Å². The van der Waals surface area contributed by atoms with Gasteiger partial charge in [0, 0.05) is 32.0 Å². The van der Waals surface area contributed by atoms with Gasteiger partial charge in [-0.15, -0.1) is 10.2 Å². The van der Waals surface area contributed by atoms with Gasteiger partial charge in [0.2, 0.25) is 0 Å². The van der Waals surface area contributed by atoms with E-state index in [0.717, 1.165) is 50.1 Å². The highest BCUT2D eigenvalue weighted by molar-refractivity contribution is 5.79. The summed E-state index contributed by atoms with van der Waals surface area (Å²) in [6.07, 6.45) is 4.40. The normalized spacial score (nSPS) is 14.7. The summed E-state index contributed by atoms with van der Waals surface area (Å²) in [4.78, 5) is 4.81. The van der Waals surface area contributed by atoms with E-state index in [1.165, 1.54) is 24.0 Å². The second kappa shape index (κ2) is 10.8. The lowest BCUT2D eigenvalue weighted by Crippen LogP contribution is -2.39. The van der Waals surface area contributed by atoms with Crippen LogP contribution in [-0.4, -0.2) is 33.8 Å². The Balaban J connectivity index is 1.45. The lowest BCUT2D eigenvalue weighted by molar-refractivity contribution is 0.508. The van der Waals surface area contributed by atoms with Gasteiger partial charge in [-0.1, -0.05) is 60.7 Å². The molecule has 0 aliphatic carbocycles. The van der Waals surface area contributed by atoms with Crippen molar-refractivity contribution in [2.45, 2.75) is 51.6 Å². The third kappa shape index (κ3) is 5.72. The number of aryl methyl sites for hydroxylation is 1. The summed E-state index contributed by atoms with van der Waals surface area (Å²) in [5.74, 6) is 3.23. The molecule has 0 radical (unpaired) electrons. The van der Waals surface area contributed by atoms with E-state index in [-0.39, 0.29) is 0 Å². The monoisotopic (exact) mass is 416 g/mol. The molecule has 0 saturated heterocycles. The molecule has 0 bridgehead atoms. The second-order valence-electron chi connectivity index (χ2n) is 8.01. The standard InChI is InChI=1S/C25H32N6/c1-2-26-25(28-19-24-30-29-23-15-9-10-16-31(23)24)27-18-22(21-13-7-4-8-14-21)17-20-11-5-3-6-12-20/h3-8,11-14,22H,2,9-10,15-19H2,1H3,(H2,26,27,28). The molecule has 1 unspecified atom stereocenters. The number of rotatable bonds is 8. The van der Waals surface area contributed by atoms with Gasteiger partial charge in [0.25, 0.3) is 0 Å². The van der Waals surface area contributed by atoms with E-state index in [1.54, 1.807) is 0 Å². The third-order valence-electron chi connectivity index (χ3n) is 5.77. The van der Waals surface area contributed by atoms with Gasteiger partial charge in [-0.05, 0) is 37.3 Å². The molecule has 3 aromatic rings. The molecule has 6 heteroatoms. The Labute approximate surface area is 184 Å². The fourth-order valence-corrected chi connectivity index (χ4v) is 4.13. The molecule has 1 aromatic heterocycles. The van der Waals surface area contributed by atoms with E-state index >= 15 is 0 Å². The molecule has 0 saturated carbocycles. The highest BCUT2D eigenvalue weighted by Crippen LogP contribution is 2.20. The van der Waals surface area contributed by atoms with Crippen LogP contribution in [-0.2, 0) is 25.9 Å². The molecule has 31 heavy (non-hydrogen) atoms. The maximum absolute atomic E-state index is 4.81. The zero-order valence-electron chi connectivity index (χ0n) is 18.3. The number of guanidine groups is 1. The molecule has 4 rings (SSSR count). The third-order valence-corrected chi connectivity index (χ3v) is 5.77. The Bertz CT molecular complexity index is 964. The molecular weight excluding hydrogens is 384 g/mol. The average molecular weight is 417 g/mol. The highest BCUT2D eigenvalue weighted by Gasteiger charge is 2.16. The molecule has 1 aliphatic heterocycles. The van der Waals surface area contributed by atoms with E-state index < -0.39 is 0 Å². The largest absolute Gasteiger partial charge is 0.357 e. The van der Waals surface area contributed by atoms with E-state index in [9.17, 15) is 0 Å². The minimum atomic E-state index is 0.355. The average Bonchev–Trinajstić information content (AvgIpc) is 3.24. The molecule has 1 atom stereocenters. The van der Waals surface area contributed by atoms with Crippen LogP contribution in [0.25, 0.3) is 0 Å². The van der Waals surface area contributed by atoms with Gasteiger partial charge in [-0.2, -0.15) is 0 Å². The molecule has 162 valence electrons. The van der Waals surface area contributed by atoms with E-state index in [1.807, 2.05) is 0 Å².